The van der Waals surface area contributed by atoms with Gasteiger partial charge in [0.05, 0.1) is 22.3 Å². The molecular weight excluding hydrogens is 467 g/mol. The van der Waals surface area contributed by atoms with Crippen molar-refractivity contribution in [1.29, 1.82) is 0 Å². The summed E-state index contributed by atoms with van der Waals surface area (Å²) in [5, 5.41) is 1.05. The summed E-state index contributed by atoms with van der Waals surface area (Å²) in [5.74, 6) is 0.177. The fraction of sp³-hybridized carbons (Fsp3) is 0.0455. The fourth-order valence-corrected chi connectivity index (χ4v) is 4.50. The number of halogens is 2. The summed E-state index contributed by atoms with van der Waals surface area (Å²) in [5.41, 5.74) is 2.72. The highest BCUT2D eigenvalue weighted by atomic mass is 79.9. The van der Waals surface area contributed by atoms with Crippen molar-refractivity contribution in [3.63, 3.8) is 0 Å². The van der Waals surface area contributed by atoms with Crippen LogP contribution in [-0.4, -0.2) is 18.9 Å². The molecule has 0 fully saturated rings. The van der Waals surface area contributed by atoms with Gasteiger partial charge in [0, 0.05) is 22.6 Å². The van der Waals surface area contributed by atoms with Gasteiger partial charge in [-0.3, -0.25) is 9.36 Å². The minimum Gasteiger partial charge on any atom is -0.306 e. The maximum atomic E-state index is 13.4. The second-order valence-electron chi connectivity index (χ2n) is 6.66. The second kappa shape index (κ2) is 7.70. The van der Waals surface area contributed by atoms with Gasteiger partial charge in [-0.05, 0) is 64.5 Å². The van der Waals surface area contributed by atoms with Crippen LogP contribution >= 0.6 is 27.7 Å². The summed E-state index contributed by atoms with van der Waals surface area (Å²) in [6, 6.07) is 16.9. The van der Waals surface area contributed by atoms with Crippen molar-refractivity contribution in [2.75, 3.05) is 0 Å². The number of benzene rings is 2. The zero-order valence-corrected chi connectivity index (χ0v) is 17.9. The number of rotatable bonds is 4. The highest BCUT2D eigenvalue weighted by molar-refractivity contribution is 9.10. The Balaban J connectivity index is 1.58. The molecule has 148 valence electrons. The monoisotopic (exact) mass is 480 g/mol. The topological polar surface area (TPSA) is 52.2 Å². The van der Waals surface area contributed by atoms with Crippen molar-refractivity contribution in [1.82, 2.24) is 18.9 Å². The summed E-state index contributed by atoms with van der Waals surface area (Å²) in [7, 11) is 0. The Morgan fingerprint density at radius 3 is 2.60 bits per heavy atom. The van der Waals surface area contributed by atoms with Crippen LogP contribution in [0.5, 0.6) is 0 Å². The lowest BCUT2D eigenvalue weighted by Crippen LogP contribution is -2.21. The fourth-order valence-electron chi connectivity index (χ4n) is 3.25. The smallest absolute Gasteiger partial charge is 0.266 e. The molecule has 8 heteroatoms. The Kier molecular flexibility index (Phi) is 4.88. The molecule has 3 aromatic heterocycles. The number of fused-ring (bicyclic) bond motifs is 2. The third kappa shape index (κ3) is 3.53. The van der Waals surface area contributed by atoms with Crippen LogP contribution in [0.1, 0.15) is 5.69 Å². The van der Waals surface area contributed by atoms with Gasteiger partial charge in [0.25, 0.3) is 5.56 Å². The van der Waals surface area contributed by atoms with E-state index < -0.39 is 0 Å². The van der Waals surface area contributed by atoms with Gasteiger partial charge in [-0.25, -0.2) is 14.4 Å². The average molecular weight is 481 g/mol. The van der Waals surface area contributed by atoms with E-state index in [4.69, 9.17) is 4.98 Å². The summed E-state index contributed by atoms with van der Waals surface area (Å²) in [6.07, 6.45) is 3.90. The van der Waals surface area contributed by atoms with Crippen LogP contribution < -0.4 is 5.56 Å². The van der Waals surface area contributed by atoms with E-state index in [9.17, 15) is 9.18 Å². The normalized spacial score (nSPS) is 11.4. The third-order valence-corrected chi connectivity index (χ3v) is 6.08. The highest BCUT2D eigenvalue weighted by Crippen LogP contribution is 2.25. The molecule has 5 aromatic rings. The number of pyridine rings is 1. The molecule has 2 aromatic carbocycles. The van der Waals surface area contributed by atoms with Gasteiger partial charge < -0.3 is 4.40 Å². The van der Waals surface area contributed by atoms with E-state index in [-0.39, 0.29) is 11.4 Å². The largest absolute Gasteiger partial charge is 0.306 e. The second-order valence-corrected chi connectivity index (χ2v) is 8.52. The molecule has 3 heterocycles. The van der Waals surface area contributed by atoms with Crippen LogP contribution in [-0.2, 0) is 5.75 Å². The molecule has 0 aliphatic heterocycles. The quantitative estimate of drug-likeness (QED) is 0.261. The van der Waals surface area contributed by atoms with Crippen LogP contribution in [0.25, 0.3) is 22.2 Å². The molecule has 5 nitrogen and oxygen atoms in total. The Labute approximate surface area is 183 Å². The summed E-state index contributed by atoms with van der Waals surface area (Å²) >= 11 is 4.88. The molecule has 0 spiro atoms. The minimum atomic E-state index is -0.356. The molecule has 0 amide bonds. The van der Waals surface area contributed by atoms with E-state index in [2.05, 4.69) is 20.9 Å². The lowest BCUT2D eigenvalue weighted by Gasteiger charge is -2.12. The van der Waals surface area contributed by atoms with Crippen LogP contribution in [0.4, 0.5) is 4.39 Å². The zero-order chi connectivity index (χ0) is 20.7. The molecule has 0 saturated carbocycles. The Hall–Kier alpha value is -2.97. The molecule has 5 rings (SSSR count). The molecule has 0 atom stereocenters. The molecule has 0 aliphatic rings. The molecule has 0 saturated heterocycles. The van der Waals surface area contributed by atoms with Crippen LogP contribution in [0.15, 0.2) is 87.5 Å². The van der Waals surface area contributed by atoms with Gasteiger partial charge in [-0.15, -0.1) is 0 Å². The van der Waals surface area contributed by atoms with Crippen molar-refractivity contribution in [3.8, 4) is 5.69 Å². The van der Waals surface area contributed by atoms with E-state index in [1.807, 2.05) is 47.1 Å². The Bertz CT molecular complexity index is 1450. The zero-order valence-electron chi connectivity index (χ0n) is 15.5. The summed E-state index contributed by atoms with van der Waals surface area (Å²) in [6.45, 7) is 0. The van der Waals surface area contributed by atoms with E-state index in [1.165, 1.54) is 28.5 Å². The third-order valence-electron chi connectivity index (χ3n) is 4.64. The summed E-state index contributed by atoms with van der Waals surface area (Å²) in [4.78, 5) is 22.5. The molecular formula is C22H14BrFN4OS. The number of imidazole rings is 1. The highest BCUT2D eigenvalue weighted by Gasteiger charge is 2.14. The van der Waals surface area contributed by atoms with Crippen molar-refractivity contribution in [2.24, 2.45) is 0 Å². The van der Waals surface area contributed by atoms with E-state index in [0.717, 1.165) is 15.8 Å². The SMILES string of the molecule is O=c1c2ccccc2nc(SCc2cn3cc(Br)ccc3n2)n1-c1ccc(F)cc1. The van der Waals surface area contributed by atoms with Crippen molar-refractivity contribution < 1.29 is 4.39 Å². The maximum Gasteiger partial charge on any atom is 0.266 e. The number of nitrogens with zero attached hydrogens (tertiary/aromatic N) is 4. The molecule has 0 aliphatic carbocycles. The number of hydrogen-bond acceptors (Lipinski definition) is 4. The predicted molar refractivity (Wildman–Crippen MR) is 120 cm³/mol. The van der Waals surface area contributed by atoms with Gasteiger partial charge in [0.1, 0.15) is 11.5 Å². The predicted octanol–water partition coefficient (Wildman–Crippen LogP) is 5.23. The van der Waals surface area contributed by atoms with Gasteiger partial charge in [0.2, 0.25) is 0 Å². The van der Waals surface area contributed by atoms with Gasteiger partial charge in [-0.2, -0.15) is 0 Å². The van der Waals surface area contributed by atoms with Crippen molar-refractivity contribution >= 4 is 44.2 Å². The van der Waals surface area contributed by atoms with Gasteiger partial charge in [0.15, 0.2) is 5.16 Å². The van der Waals surface area contributed by atoms with Crippen molar-refractivity contribution in [2.45, 2.75) is 10.9 Å². The van der Waals surface area contributed by atoms with E-state index >= 15 is 0 Å². The maximum absolute atomic E-state index is 13.4. The van der Waals surface area contributed by atoms with Crippen molar-refractivity contribution in [3.05, 3.63) is 99.4 Å². The Morgan fingerprint density at radius 2 is 1.77 bits per heavy atom. The first-order chi connectivity index (χ1) is 14.6. The standard InChI is InChI=1S/C22H14BrFN4OS/c23-14-5-10-20-25-16(12-27(20)11-14)13-30-22-26-19-4-2-1-3-18(19)21(29)28(22)17-8-6-15(24)7-9-17/h1-12H,13H2. The van der Waals surface area contributed by atoms with E-state index in [0.29, 0.717) is 27.5 Å². The minimum absolute atomic E-state index is 0.186. The average Bonchev–Trinajstić information content (AvgIpc) is 3.15. The molecule has 0 radical (unpaired) electrons. The van der Waals surface area contributed by atoms with Crippen LogP contribution in [0.2, 0.25) is 0 Å². The van der Waals surface area contributed by atoms with E-state index in [1.54, 1.807) is 18.2 Å². The Morgan fingerprint density at radius 1 is 0.967 bits per heavy atom. The first-order valence-corrected chi connectivity index (χ1v) is 10.9. The van der Waals surface area contributed by atoms with Gasteiger partial charge in [-0.1, -0.05) is 23.9 Å². The molecule has 0 unspecified atom stereocenters. The molecule has 0 N–H and O–H groups in total. The molecule has 30 heavy (non-hydrogen) atoms. The first kappa shape index (κ1) is 19.0. The number of thioether (sulfide) groups is 1. The van der Waals surface area contributed by atoms with Crippen LogP contribution in [0.3, 0.4) is 0 Å². The number of aromatic nitrogens is 4. The number of hydrogen-bond donors (Lipinski definition) is 0. The lowest BCUT2D eigenvalue weighted by molar-refractivity contribution is 0.627. The number of para-hydroxylation sites is 1. The first-order valence-electron chi connectivity index (χ1n) is 9.12. The van der Waals surface area contributed by atoms with Gasteiger partial charge >= 0.3 is 0 Å². The summed E-state index contributed by atoms with van der Waals surface area (Å²) < 4.78 is 17.9. The van der Waals surface area contributed by atoms with Crippen LogP contribution in [0, 0.1) is 5.82 Å². The molecule has 0 bridgehead atoms. The lowest BCUT2D eigenvalue weighted by atomic mass is 10.2.